The highest BCUT2D eigenvalue weighted by molar-refractivity contribution is 5.46. The van der Waals surface area contributed by atoms with Gasteiger partial charge in [0, 0.05) is 6.07 Å². The quantitative estimate of drug-likeness (QED) is 0.914. The topological polar surface area (TPSA) is 53.7 Å². The van der Waals surface area contributed by atoms with Crippen LogP contribution in [0.25, 0.3) is 0 Å². The summed E-state index contributed by atoms with van der Waals surface area (Å²) in [5.74, 6) is 2.20. The predicted octanol–water partition coefficient (Wildman–Crippen LogP) is 2.49. The monoisotopic (exact) mass is 257 g/mol. The standard InChI is InChI=1S/C15H15NO3/c16-13(11-4-2-1-3-5-11)9-17-12-6-7-14-15(8-12)19-10-18-14/h1-8,13H,9-10,16H2. The van der Waals surface area contributed by atoms with Gasteiger partial charge < -0.3 is 19.9 Å². The van der Waals surface area contributed by atoms with Gasteiger partial charge in [0.1, 0.15) is 12.4 Å². The molecule has 0 radical (unpaired) electrons. The minimum atomic E-state index is -0.147. The molecule has 0 spiro atoms. The van der Waals surface area contributed by atoms with Crippen molar-refractivity contribution in [3.05, 3.63) is 54.1 Å². The van der Waals surface area contributed by atoms with Crippen molar-refractivity contribution in [1.82, 2.24) is 0 Å². The lowest BCUT2D eigenvalue weighted by Crippen LogP contribution is -2.18. The molecular weight excluding hydrogens is 242 g/mol. The number of nitrogens with two attached hydrogens (primary N) is 1. The zero-order chi connectivity index (χ0) is 13.1. The minimum absolute atomic E-state index is 0.147. The molecule has 0 saturated heterocycles. The van der Waals surface area contributed by atoms with E-state index in [9.17, 15) is 0 Å². The molecule has 1 unspecified atom stereocenters. The van der Waals surface area contributed by atoms with Crippen molar-refractivity contribution in [2.75, 3.05) is 13.4 Å². The predicted molar refractivity (Wildman–Crippen MR) is 71.4 cm³/mol. The van der Waals surface area contributed by atoms with Gasteiger partial charge in [0.15, 0.2) is 11.5 Å². The number of fused-ring (bicyclic) bond motifs is 1. The molecule has 2 aromatic rings. The van der Waals surface area contributed by atoms with Crippen molar-refractivity contribution in [2.45, 2.75) is 6.04 Å². The molecule has 0 aliphatic carbocycles. The Kier molecular flexibility index (Phi) is 3.25. The third-order valence-electron chi connectivity index (χ3n) is 3.00. The molecule has 2 N–H and O–H groups in total. The van der Waals surface area contributed by atoms with Crippen molar-refractivity contribution in [3.8, 4) is 17.2 Å². The first-order chi connectivity index (χ1) is 9.33. The summed E-state index contributed by atoms with van der Waals surface area (Å²) in [5, 5.41) is 0. The summed E-state index contributed by atoms with van der Waals surface area (Å²) in [6, 6.07) is 15.3. The molecule has 3 rings (SSSR count). The van der Waals surface area contributed by atoms with Crippen molar-refractivity contribution in [3.63, 3.8) is 0 Å². The van der Waals surface area contributed by atoms with Gasteiger partial charge >= 0.3 is 0 Å². The van der Waals surface area contributed by atoms with Crippen LogP contribution in [-0.4, -0.2) is 13.4 Å². The molecule has 0 saturated carbocycles. The van der Waals surface area contributed by atoms with Crippen LogP contribution >= 0.6 is 0 Å². The smallest absolute Gasteiger partial charge is 0.231 e. The Balaban J connectivity index is 1.63. The van der Waals surface area contributed by atoms with E-state index >= 15 is 0 Å². The van der Waals surface area contributed by atoms with Gasteiger partial charge in [0.05, 0.1) is 6.04 Å². The zero-order valence-corrected chi connectivity index (χ0v) is 10.4. The van der Waals surface area contributed by atoms with E-state index in [1.165, 1.54) is 0 Å². The molecular formula is C15H15NO3. The highest BCUT2D eigenvalue weighted by Gasteiger charge is 2.14. The van der Waals surface area contributed by atoms with Gasteiger partial charge in [-0.25, -0.2) is 0 Å². The van der Waals surface area contributed by atoms with Gasteiger partial charge in [-0.2, -0.15) is 0 Å². The highest BCUT2D eigenvalue weighted by Crippen LogP contribution is 2.35. The lowest BCUT2D eigenvalue weighted by atomic mass is 10.1. The largest absolute Gasteiger partial charge is 0.491 e. The molecule has 0 aromatic heterocycles. The van der Waals surface area contributed by atoms with Crippen LogP contribution < -0.4 is 19.9 Å². The van der Waals surface area contributed by atoms with Crippen LogP contribution in [0.5, 0.6) is 17.2 Å². The summed E-state index contributed by atoms with van der Waals surface area (Å²) in [5.41, 5.74) is 7.13. The van der Waals surface area contributed by atoms with E-state index in [-0.39, 0.29) is 12.8 Å². The van der Waals surface area contributed by atoms with Gasteiger partial charge in [0.2, 0.25) is 6.79 Å². The Morgan fingerprint density at radius 2 is 1.84 bits per heavy atom. The fourth-order valence-corrected chi connectivity index (χ4v) is 1.95. The maximum Gasteiger partial charge on any atom is 0.231 e. The molecule has 0 amide bonds. The third-order valence-corrected chi connectivity index (χ3v) is 3.00. The molecule has 1 atom stereocenters. The lowest BCUT2D eigenvalue weighted by Gasteiger charge is -2.13. The van der Waals surface area contributed by atoms with Crippen LogP contribution in [-0.2, 0) is 0 Å². The summed E-state index contributed by atoms with van der Waals surface area (Å²) >= 11 is 0. The molecule has 4 nitrogen and oxygen atoms in total. The second-order valence-corrected chi connectivity index (χ2v) is 4.34. The third kappa shape index (κ3) is 2.63. The molecule has 98 valence electrons. The Labute approximate surface area is 111 Å². The number of rotatable bonds is 4. The van der Waals surface area contributed by atoms with Gasteiger partial charge in [0.25, 0.3) is 0 Å². The molecule has 1 heterocycles. The van der Waals surface area contributed by atoms with Gasteiger partial charge in [-0.05, 0) is 17.7 Å². The summed E-state index contributed by atoms with van der Waals surface area (Å²) < 4.78 is 16.2. The number of benzene rings is 2. The summed E-state index contributed by atoms with van der Waals surface area (Å²) in [6.07, 6.45) is 0. The Morgan fingerprint density at radius 1 is 1.05 bits per heavy atom. The molecule has 19 heavy (non-hydrogen) atoms. The maximum absolute atomic E-state index is 6.07. The molecule has 0 fully saturated rings. The van der Waals surface area contributed by atoms with Crippen molar-refractivity contribution >= 4 is 0 Å². The summed E-state index contributed by atoms with van der Waals surface area (Å²) in [7, 11) is 0. The minimum Gasteiger partial charge on any atom is -0.491 e. The van der Waals surface area contributed by atoms with E-state index < -0.39 is 0 Å². The number of ether oxygens (including phenoxy) is 3. The average Bonchev–Trinajstić information content (AvgIpc) is 2.93. The van der Waals surface area contributed by atoms with Crippen LogP contribution in [0.2, 0.25) is 0 Å². The van der Waals surface area contributed by atoms with Crippen molar-refractivity contribution in [2.24, 2.45) is 5.73 Å². The van der Waals surface area contributed by atoms with E-state index in [1.54, 1.807) is 0 Å². The van der Waals surface area contributed by atoms with Crippen molar-refractivity contribution < 1.29 is 14.2 Å². The average molecular weight is 257 g/mol. The lowest BCUT2D eigenvalue weighted by molar-refractivity contribution is 0.173. The Hall–Kier alpha value is -2.20. The van der Waals surface area contributed by atoms with Crippen LogP contribution in [0.15, 0.2) is 48.5 Å². The van der Waals surface area contributed by atoms with Gasteiger partial charge in [-0.15, -0.1) is 0 Å². The first-order valence-electron chi connectivity index (χ1n) is 6.16. The summed E-state index contributed by atoms with van der Waals surface area (Å²) in [6.45, 7) is 0.686. The first kappa shape index (κ1) is 11.9. The van der Waals surface area contributed by atoms with E-state index in [0.29, 0.717) is 12.4 Å². The second kappa shape index (κ2) is 5.20. The second-order valence-electron chi connectivity index (χ2n) is 4.34. The molecule has 0 bridgehead atoms. The van der Waals surface area contributed by atoms with Crippen LogP contribution in [0.1, 0.15) is 11.6 Å². The van der Waals surface area contributed by atoms with Crippen LogP contribution in [0.4, 0.5) is 0 Å². The van der Waals surface area contributed by atoms with E-state index in [0.717, 1.165) is 17.1 Å². The number of hydrogen-bond acceptors (Lipinski definition) is 4. The van der Waals surface area contributed by atoms with E-state index in [2.05, 4.69) is 0 Å². The van der Waals surface area contributed by atoms with Gasteiger partial charge in [-0.3, -0.25) is 0 Å². The fourth-order valence-electron chi connectivity index (χ4n) is 1.95. The van der Waals surface area contributed by atoms with E-state index in [4.69, 9.17) is 19.9 Å². The van der Waals surface area contributed by atoms with E-state index in [1.807, 2.05) is 48.5 Å². The fraction of sp³-hybridized carbons (Fsp3) is 0.200. The van der Waals surface area contributed by atoms with Gasteiger partial charge in [-0.1, -0.05) is 30.3 Å². The molecule has 1 aliphatic heterocycles. The Bertz CT molecular complexity index is 557. The van der Waals surface area contributed by atoms with Crippen LogP contribution in [0.3, 0.4) is 0 Å². The molecule has 2 aromatic carbocycles. The molecule has 1 aliphatic rings. The highest BCUT2D eigenvalue weighted by atomic mass is 16.7. The number of hydrogen-bond donors (Lipinski definition) is 1. The maximum atomic E-state index is 6.07. The SMILES string of the molecule is NC(COc1ccc2c(c1)OCO2)c1ccccc1. The summed E-state index contributed by atoms with van der Waals surface area (Å²) in [4.78, 5) is 0. The first-order valence-corrected chi connectivity index (χ1v) is 6.16. The van der Waals surface area contributed by atoms with Crippen molar-refractivity contribution in [1.29, 1.82) is 0 Å². The molecule has 4 heteroatoms. The Morgan fingerprint density at radius 3 is 2.68 bits per heavy atom. The zero-order valence-electron chi connectivity index (χ0n) is 10.4. The van der Waals surface area contributed by atoms with Crippen LogP contribution in [0, 0.1) is 0 Å². The normalized spacial score (nSPS) is 14.2.